The van der Waals surface area contributed by atoms with Gasteiger partial charge in [0.25, 0.3) is 5.91 Å². The van der Waals surface area contributed by atoms with Gasteiger partial charge >= 0.3 is 6.09 Å². The number of benzene rings is 2. The normalized spacial score (nSPS) is 12.2. The first-order chi connectivity index (χ1) is 12.7. The highest BCUT2D eigenvalue weighted by Gasteiger charge is 2.18. The summed E-state index contributed by atoms with van der Waals surface area (Å²) < 4.78 is 5.24. The predicted molar refractivity (Wildman–Crippen MR) is 105 cm³/mol. The van der Waals surface area contributed by atoms with Crippen LogP contribution in [0.2, 0.25) is 0 Å². The number of carbonyl (C=O) groups excluding carboxylic acids is 2. The predicted octanol–water partition coefficient (Wildman–Crippen LogP) is 3.28. The molecular formula is C20H25N3O4. The molecule has 0 aliphatic rings. The Labute approximate surface area is 158 Å². The average molecular weight is 371 g/mol. The highest BCUT2D eigenvalue weighted by atomic mass is 16.6. The number of para-hydroxylation sites is 2. The second-order valence-corrected chi connectivity index (χ2v) is 7.00. The molecule has 1 atom stereocenters. The van der Waals surface area contributed by atoms with Crippen LogP contribution in [-0.4, -0.2) is 29.3 Å². The largest absolute Gasteiger partial charge is 0.444 e. The molecule has 2 aromatic carbocycles. The van der Waals surface area contributed by atoms with E-state index in [0.717, 1.165) is 0 Å². The molecule has 0 aliphatic carbocycles. The zero-order valence-corrected chi connectivity index (χ0v) is 15.7. The fourth-order valence-electron chi connectivity index (χ4n) is 2.30. The Kier molecular flexibility index (Phi) is 6.55. The van der Waals surface area contributed by atoms with E-state index in [1.54, 1.807) is 69.3 Å². The minimum atomic E-state index is -0.763. The standard InChI is InChI=1S/C20H25N3O4/c1-20(2,3)27-19(26)23-16-7-5-4-6-15(16)22-18(25)14-10-8-13(9-11-14)17(24)12-21/h4-11,17,24H,12,21H2,1-3H3,(H,22,25)(H,23,26). The van der Waals surface area contributed by atoms with Gasteiger partial charge in [0.05, 0.1) is 17.5 Å². The summed E-state index contributed by atoms with van der Waals surface area (Å²) in [7, 11) is 0. The number of carbonyl (C=O) groups is 2. The van der Waals surface area contributed by atoms with Gasteiger partial charge in [-0.3, -0.25) is 10.1 Å². The molecule has 7 nitrogen and oxygen atoms in total. The molecule has 5 N–H and O–H groups in total. The summed E-state index contributed by atoms with van der Waals surface area (Å²) in [6.45, 7) is 5.41. The lowest BCUT2D eigenvalue weighted by molar-refractivity contribution is 0.0635. The van der Waals surface area contributed by atoms with Crippen molar-refractivity contribution in [1.82, 2.24) is 0 Å². The highest BCUT2D eigenvalue weighted by Crippen LogP contribution is 2.23. The van der Waals surface area contributed by atoms with Crippen molar-refractivity contribution in [1.29, 1.82) is 0 Å². The number of amides is 2. The molecule has 27 heavy (non-hydrogen) atoms. The van der Waals surface area contributed by atoms with Gasteiger partial charge < -0.3 is 20.9 Å². The molecule has 0 radical (unpaired) electrons. The Hall–Kier alpha value is -2.90. The summed E-state index contributed by atoms with van der Waals surface area (Å²) in [5.41, 5.74) is 6.72. The third kappa shape index (κ3) is 6.09. The summed E-state index contributed by atoms with van der Waals surface area (Å²) >= 11 is 0. The van der Waals surface area contributed by atoms with Gasteiger partial charge in [-0.25, -0.2) is 4.79 Å². The van der Waals surface area contributed by atoms with Crippen molar-refractivity contribution in [3.63, 3.8) is 0 Å². The minimum Gasteiger partial charge on any atom is -0.444 e. The number of nitrogens with one attached hydrogen (secondary N) is 2. The van der Waals surface area contributed by atoms with Gasteiger partial charge in [0.15, 0.2) is 0 Å². The monoisotopic (exact) mass is 371 g/mol. The first-order valence-electron chi connectivity index (χ1n) is 8.58. The molecule has 1 unspecified atom stereocenters. The van der Waals surface area contributed by atoms with Crippen molar-refractivity contribution < 1.29 is 19.4 Å². The van der Waals surface area contributed by atoms with Crippen LogP contribution in [0.4, 0.5) is 16.2 Å². The van der Waals surface area contributed by atoms with E-state index in [0.29, 0.717) is 22.5 Å². The number of ether oxygens (including phenoxy) is 1. The number of nitrogens with two attached hydrogens (primary N) is 1. The van der Waals surface area contributed by atoms with Gasteiger partial charge in [-0.2, -0.15) is 0 Å². The Morgan fingerprint density at radius 1 is 1.04 bits per heavy atom. The molecule has 0 heterocycles. The summed E-state index contributed by atoms with van der Waals surface area (Å²) in [5.74, 6) is -0.345. The smallest absolute Gasteiger partial charge is 0.412 e. The number of aliphatic hydroxyl groups is 1. The zero-order valence-electron chi connectivity index (χ0n) is 15.7. The van der Waals surface area contributed by atoms with E-state index in [-0.39, 0.29) is 12.5 Å². The SMILES string of the molecule is CC(C)(C)OC(=O)Nc1ccccc1NC(=O)c1ccc(C(O)CN)cc1. The maximum absolute atomic E-state index is 12.5. The molecule has 0 spiro atoms. The lowest BCUT2D eigenvalue weighted by Gasteiger charge is -2.20. The topological polar surface area (TPSA) is 114 Å². The van der Waals surface area contributed by atoms with Crippen molar-refractivity contribution in [2.24, 2.45) is 5.73 Å². The van der Waals surface area contributed by atoms with Crippen molar-refractivity contribution in [3.05, 3.63) is 59.7 Å². The van der Waals surface area contributed by atoms with Crippen LogP contribution in [0.3, 0.4) is 0 Å². The van der Waals surface area contributed by atoms with Gasteiger partial charge in [-0.05, 0) is 50.6 Å². The number of aliphatic hydroxyl groups excluding tert-OH is 1. The van der Waals surface area contributed by atoms with Crippen LogP contribution in [0.15, 0.2) is 48.5 Å². The van der Waals surface area contributed by atoms with E-state index in [9.17, 15) is 14.7 Å². The van der Waals surface area contributed by atoms with E-state index in [4.69, 9.17) is 10.5 Å². The first-order valence-corrected chi connectivity index (χ1v) is 8.58. The van der Waals surface area contributed by atoms with E-state index in [1.165, 1.54) is 0 Å². The van der Waals surface area contributed by atoms with Crippen molar-refractivity contribution in [2.45, 2.75) is 32.5 Å². The molecule has 0 fully saturated rings. The van der Waals surface area contributed by atoms with Gasteiger partial charge in [0.1, 0.15) is 5.60 Å². The van der Waals surface area contributed by atoms with Gasteiger partial charge in [-0.15, -0.1) is 0 Å². The quantitative estimate of drug-likeness (QED) is 0.644. The fourth-order valence-corrected chi connectivity index (χ4v) is 2.30. The second kappa shape index (κ2) is 8.66. The molecule has 0 aliphatic heterocycles. The summed E-state index contributed by atoms with van der Waals surface area (Å²) in [6.07, 6.45) is -1.37. The van der Waals surface area contributed by atoms with Crippen LogP contribution in [0.1, 0.15) is 42.8 Å². The van der Waals surface area contributed by atoms with Crippen molar-refractivity contribution in [2.75, 3.05) is 17.2 Å². The molecule has 7 heteroatoms. The summed E-state index contributed by atoms with van der Waals surface area (Å²) in [4.78, 5) is 24.5. The van der Waals surface area contributed by atoms with Gasteiger partial charge in [-0.1, -0.05) is 24.3 Å². The molecule has 144 valence electrons. The molecule has 0 aromatic heterocycles. The third-order valence-electron chi connectivity index (χ3n) is 3.59. The van der Waals surface area contributed by atoms with Crippen LogP contribution in [-0.2, 0) is 4.74 Å². The van der Waals surface area contributed by atoms with E-state index in [2.05, 4.69) is 10.6 Å². The minimum absolute atomic E-state index is 0.106. The molecule has 2 amide bonds. The number of hydrogen-bond acceptors (Lipinski definition) is 5. The van der Waals surface area contributed by atoms with Crippen molar-refractivity contribution in [3.8, 4) is 0 Å². The van der Waals surface area contributed by atoms with Crippen LogP contribution < -0.4 is 16.4 Å². The maximum atomic E-state index is 12.5. The third-order valence-corrected chi connectivity index (χ3v) is 3.59. The van der Waals surface area contributed by atoms with Crippen LogP contribution >= 0.6 is 0 Å². The summed E-state index contributed by atoms with van der Waals surface area (Å²) in [5, 5.41) is 15.1. The molecule has 2 rings (SSSR count). The fraction of sp³-hybridized carbons (Fsp3) is 0.300. The molecule has 0 saturated heterocycles. The van der Waals surface area contributed by atoms with Crippen molar-refractivity contribution >= 4 is 23.4 Å². The molecule has 0 bridgehead atoms. The lowest BCUT2D eigenvalue weighted by Crippen LogP contribution is -2.27. The zero-order chi connectivity index (χ0) is 20.0. The van der Waals surface area contributed by atoms with Crippen LogP contribution in [0.25, 0.3) is 0 Å². The highest BCUT2D eigenvalue weighted by molar-refractivity contribution is 6.06. The Balaban J connectivity index is 2.11. The summed E-state index contributed by atoms with van der Waals surface area (Å²) in [6, 6.07) is 13.3. The van der Waals surface area contributed by atoms with E-state index < -0.39 is 17.8 Å². The van der Waals surface area contributed by atoms with Crippen LogP contribution in [0, 0.1) is 0 Å². The molecule has 2 aromatic rings. The van der Waals surface area contributed by atoms with E-state index >= 15 is 0 Å². The second-order valence-electron chi connectivity index (χ2n) is 7.00. The molecule has 0 saturated carbocycles. The Morgan fingerprint density at radius 3 is 2.11 bits per heavy atom. The van der Waals surface area contributed by atoms with Gasteiger partial charge in [0, 0.05) is 12.1 Å². The number of hydrogen-bond donors (Lipinski definition) is 4. The van der Waals surface area contributed by atoms with Gasteiger partial charge in [0.2, 0.25) is 0 Å². The Morgan fingerprint density at radius 2 is 1.59 bits per heavy atom. The first kappa shape index (κ1) is 20.4. The maximum Gasteiger partial charge on any atom is 0.412 e. The number of rotatable bonds is 5. The Bertz CT molecular complexity index is 798. The number of anilines is 2. The van der Waals surface area contributed by atoms with E-state index in [1.807, 2.05) is 0 Å². The van der Waals surface area contributed by atoms with Crippen LogP contribution in [0.5, 0.6) is 0 Å². The molecular weight excluding hydrogens is 346 g/mol. The lowest BCUT2D eigenvalue weighted by atomic mass is 10.1. The average Bonchev–Trinajstić information content (AvgIpc) is 2.61.